The third-order valence-corrected chi connectivity index (χ3v) is 3.50. The summed E-state index contributed by atoms with van der Waals surface area (Å²) in [5.41, 5.74) is 2.01. The number of ether oxygens (including phenoxy) is 1. The first-order valence-electron chi connectivity index (χ1n) is 6.54. The topological polar surface area (TPSA) is 47.0 Å². The molecule has 5 heteroatoms. The normalized spacial score (nSPS) is 10.8. The standard InChI is InChI=1S/C14H19N3OS/c1-2-18-9-5-7-15-10-12-11-19-14(17-12)13-6-3-4-8-16-13/h3-4,6,8,11,15H,2,5,7,9-10H2,1H3. The van der Waals surface area contributed by atoms with Gasteiger partial charge in [-0.3, -0.25) is 4.98 Å². The Kier molecular flexibility index (Phi) is 5.94. The number of nitrogens with zero attached hydrogens (tertiary/aromatic N) is 2. The molecule has 0 aliphatic rings. The van der Waals surface area contributed by atoms with Crippen LogP contribution in [0.25, 0.3) is 10.7 Å². The Labute approximate surface area is 117 Å². The zero-order valence-electron chi connectivity index (χ0n) is 11.1. The molecule has 0 spiro atoms. The van der Waals surface area contributed by atoms with Crippen molar-refractivity contribution in [3.05, 3.63) is 35.5 Å². The van der Waals surface area contributed by atoms with E-state index in [2.05, 4.69) is 20.7 Å². The maximum atomic E-state index is 5.29. The SMILES string of the molecule is CCOCCCNCc1csc(-c2ccccn2)n1. The monoisotopic (exact) mass is 277 g/mol. The minimum absolute atomic E-state index is 0.791. The Morgan fingerprint density at radius 2 is 2.32 bits per heavy atom. The molecule has 2 aromatic heterocycles. The number of hydrogen-bond acceptors (Lipinski definition) is 5. The molecule has 102 valence electrons. The van der Waals surface area contributed by atoms with Crippen molar-refractivity contribution in [2.75, 3.05) is 19.8 Å². The molecule has 2 heterocycles. The highest BCUT2D eigenvalue weighted by atomic mass is 32.1. The maximum Gasteiger partial charge on any atom is 0.142 e. The minimum atomic E-state index is 0.791. The van der Waals surface area contributed by atoms with Gasteiger partial charge in [0.25, 0.3) is 0 Å². The summed E-state index contributed by atoms with van der Waals surface area (Å²) in [5.74, 6) is 0. The molecule has 0 aromatic carbocycles. The molecule has 19 heavy (non-hydrogen) atoms. The predicted molar refractivity (Wildman–Crippen MR) is 78.2 cm³/mol. The zero-order valence-corrected chi connectivity index (χ0v) is 11.9. The maximum absolute atomic E-state index is 5.29. The van der Waals surface area contributed by atoms with E-state index >= 15 is 0 Å². The van der Waals surface area contributed by atoms with Gasteiger partial charge >= 0.3 is 0 Å². The van der Waals surface area contributed by atoms with Crippen molar-refractivity contribution in [2.24, 2.45) is 0 Å². The van der Waals surface area contributed by atoms with Gasteiger partial charge in [-0.25, -0.2) is 4.98 Å². The number of rotatable bonds is 8. The Hall–Kier alpha value is -1.30. The summed E-state index contributed by atoms with van der Waals surface area (Å²) >= 11 is 1.64. The van der Waals surface area contributed by atoms with Gasteiger partial charge in [-0.2, -0.15) is 0 Å². The van der Waals surface area contributed by atoms with E-state index in [0.717, 1.165) is 49.1 Å². The van der Waals surface area contributed by atoms with Gasteiger partial charge in [0.1, 0.15) is 5.01 Å². The minimum Gasteiger partial charge on any atom is -0.382 e. The number of nitrogens with one attached hydrogen (secondary N) is 1. The van der Waals surface area contributed by atoms with Gasteiger partial charge in [0, 0.05) is 31.3 Å². The molecule has 0 fully saturated rings. The van der Waals surface area contributed by atoms with Crippen LogP contribution in [-0.2, 0) is 11.3 Å². The predicted octanol–water partition coefficient (Wildman–Crippen LogP) is 2.72. The molecule has 0 bridgehead atoms. The van der Waals surface area contributed by atoms with Crippen LogP contribution in [0.4, 0.5) is 0 Å². The van der Waals surface area contributed by atoms with Gasteiger partial charge in [-0.05, 0) is 32.0 Å². The molecule has 0 atom stereocenters. The zero-order chi connectivity index (χ0) is 13.3. The second kappa shape index (κ2) is 7.99. The van der Waals surface area contributed by atoms with Crippen molar-refractivity contribution >= 4 is 11.3 Å². The van der Waals surface area contributed by atoms with E-state index in [9.17, 15) is 0 Å². The molecule has 0 saturated carbocycles. The van der Waals surface area contributed by atoms with E-state index in [1.54, 1.807) is 17.5 Å². The van der Waals surface area contributed by atoms with Crippen molar-refractivity contribution in [1.29, 1.82) is 0 Å². The smallest absolute Gasteiger partial charge is 0.142 e. The van der Waals surface area contributed by atoms with Crippen LogP contribution in [0.5, 0.6) is 0 Å². The Balaban J connectivity index is 1.75. The molecule has 0 saturated heterocycles. The van der Waals surface area contributed by atoms with E-state index in [4.69, 9.17) is 4.74 Å². The van der Waals surface area contributed by atoms with Crippen LogP contribution in [0.1, 0.15) is 19.0 Å². The lowest BCUT2D eigenvalue weighted by Crippen LogP contribution is -2.16. The molecule has 0 aliphatic heterocycles. The van der Waals surface area contributed by atoms with Crippen LogP contribution in [0.3, 0.4) is 0 Å². The molecule has 2 rings (SSSR count). The van der Waals surface area contributed by atoms with E-state index in [0.29, 0.717) is 0 Å². The van der Waals surface area contributed by atoms with Gasteiger partial charge in [0.15, 0.2) is 0 Å². The number of hydrogen-bond donors (Lipinski definition) is 1. The highest BCUT2D eigenvalue weighted by Crippen LogP contribution is 2.20. The third-order valence-electron chi connectivity index (χ3n) is 2.59. The second-order valence-electron chi connectivity index (χ2n) is 4.09. The second-order valence-corrected chi connectivity index (χ2v) is 4.94. The van der Waals surface area contributed by atoms with E-state index < -0.39 is 0 Å². The van der Waals surface area contributed by atoms with Gasteiger partial charge in [0.05, 0.1) is 11.4 Å². The molecule has 4 nitrogen and oxygen atoms in total. The third kappa shape index (κ3) is 4.70. The largest absolute Gasteiger partial charge is 0.382 e. The summed E-state index contributed by atoms with van der Waals surface area (Å²) < 4.78 is 5.29. The first-order valence-corrected chi connectivity index (χ1v) is 7.42. The fourth-order valence-electron chi connectivity index (χ4n) is 1.66. The molecule has 1 N–H and O–H groups in total. The number of thiazole rings is 1. The highest BCUT2D eigenvalue weighted by molar-refractivity contribution is 7.13. The molecule has 0 unspecified atom stereocenters. The fourth-order valence-corrected chi connectivity index (χ4v) is 2.45. The lowest BCUT2D eigenvalue weighted by atomic mass is 10.3. The molecular weight excluding hydrogens is 258 g/mol. The van der Waals surface area contributed by atoms with Crippen molar-refractivity contribution in [3.8, 4) is 10.7 Å². The van der Waals surface area contributed by atoms with E-state index in [1.807, 2.05) is 25.1 Å². The Morgan fingerprint density at radius 1 is 1.37 bits per heavy atom. The lowest BCUT2D eigenvalue weighted by Gasteiger charge is -2.02. The van der Waals surface area contributed by atoms with Crippen LogP contribution in [0.15, 0.2) is 29.8 Å². The van der Waals surface area contributed by atoms with Crippen LogP contribution in [0.2, 0.25) is 0 Å². The summed E-state index contributed by atoms with van der Waals surface area (Å²) in [4.78, 5) is 8.88. The van der Waals surface area contributed by atoms with Crippen molar-refractivity contribution in [2.45, 2.75) is 19.9 Å². The summed E-state index contributed by atoms with van der Waals surface area (Å²) in [7, 11) is 0. The van der Waals surface area contributed by atoms with Crippen LogP contribution in [-0.4, -0.2) is 29.7 Å². The average Bonchev–Trinajstić information content (AvgIpc) is 2.92. The molecule has 2 aromatic rings. The van der Waals surface area contributed by atoms with Gasteiger partial charge in [0.2, 0.25) is 0 Å². The van der Waals surface area contributed by atoms with Crippen molar-refractivity contribution in [3.63, 3.8) is 0 Å². The summed E-state index contributed by atoms with van der Waals surface area (Å²) in [6, 6.07) is 5.88. The van der Waals surface area contributed by atoms with Gasteiger partial charge < -0.3 is 10.1 Å². The molecule has 0 radical (unpaired) electrons. The summed E-state index contributed by atoms with van der Waals surface area (Å²) in [5, 5.41) is 6.43. The average molecular weight is 277 g/mol. The quantitative estimate of drug-likeness (QED) is 0.754. The first-order chi connectivity index (χ1) is 9.40. The first kappa shape index (κ1) is 14.1. The summed E-state index contributed by atoms with van der Waals surface area (Å²) in [6.45, 7) is 5.38. The molecular formula is C14H19N3OS. The van der Waals surface area contributed by atoms with Crippen molar-refractivity contribution < 1.29 is 4.74 Å². The Bertz CT molecular complexity index is 473. The number of aromatic nitrogens is 2. The lowest BCUT2D eigenvalue weighted by molar-refractivity contribution is 0.144. The van der Waals surface area contributed by atoms with E-state index in [-0.39, 0.29) is 0 Å². The number of pyridine rings is 1. The van der Waals surface area contributed by atoms with Gasteiger partial charge in [-0.15, -0.1) is 11.3 Å². The van der Waals surface area contributed by atoms with E-state index in [1.165, 1.54) is 0 Å². The van der Waals surface area contributed by atoms with Crippen LogP contribution in [0, 0.1) is 0 Å². The van der Waals surface area contributed by atoms with Gasteiger partial charge in [-0.1, -0.05) is 6.07 Å². The van der Waals surface area contributed by atoms with Crippen LogP contribution < -0.4 is 5.32 Å². The molecule has 0 amide bonds. The summed E-state index contributed by atoms with van der Waals surface area (Å²) in [6.07, 6.45) is 2.83. The Morgan fingerprint density at radius 3 is 3.11 bits per heavy atom. The van der Waals surface area contributed by atoms with Crippen LogP contribution >= 0.6 is 11.3 Å². The van der Waals surface area contributed by atoms with Crippen molar-refractivity contribution in [1.82, 2.24) is 15.3 Å². The fraction of sp³-hybridized carbons (Fsp3) is 0.429. The highest BCUT2D eigenvalue weighted by Gasteiger charge is 2.04. The molecule has 0 aliphatic carbocycles.